The fourth-order valence-electron chi connectivity index (χ4n) is 2.14. The number of hydrogen-bond donors (Lipinski definition) is 2. The van der Waals surface area contributed by atoms with Crippen molar-refractivity contribution in [2.75, 3.05) is 6.61 Å². The van der Waals surface area contributed by atoms with Gasteiger partial charge in [0.15, 0.2) is 5.75 Å². The topological polar surface area (TPSA) is 83.6 Å². The fourth-order valence-corrected chi connectivity index (χ4v) is 2.14. The molecule has 1 fully saturated rings. The Labute approximate surface area is 92.5 Å². The van der Waals surface area contributed by atoms with Crippen LogP contribution >= 0.6 is 0 Å². The molecule has 0 spiro atoms. The SMILES string of the molecule is O=[N+]([O-])c1cc(C2(CO)CCC2)ccc1O. The third-order valence-electron chi connectivity index (χ3n) is 3.40. The highest BCUT2D eigenvalue weighted by molar-refractivity contribution is 5.50. The first-order valence-electron chi connectivity index (χ1n) is 5.18. The molecule has 1 saturated carbocycles. The molecule has 0 saturated heterocycles. The van der Waals surface area contributed by atoms with E-state index in [0.29, 0.717) is 0 Å². The molecule has 1 aromatic carbocycles. The number of phenolic OH excluding ortho intramolecular Hbond substituents is 1. The summed E-state index contributed by atoms with van der Waals surface area (Å²) in [6, 6.07) is 4.34. The minimum absolute atomic E-state index is 0.00503. The first-order chi connectivity index (χ1) is 7.59. The highest BCUT2D eigenvalue weighted by Gasteiger charge is 2.39. The van der Waals surface area contributed by atoms with Crippen molar-refractivity contribution in [2.45, 2.75) is 24.7 Å². The van der Waals surface area contributed by atoms with Crippen LogP contribution in [0.15, 0.2) is 18.2 Å². The number of hydrogen-bond acceptors (Lipinski definition) is 4. The summed E-state index contributed by atoms with van der Waals surface area (Å²) in [7, 11) is 0. The molecule has 5 nitrogen and oxygen atoms in total. The number of aliphatic hydroxyl groups excluding tert-OH is 1. The van der Waals surface area contributed by atoms with Gasteiger partial charge in [0, 0.05) is 11.5 Å². The van der Waals surface area contributed by atoms with Gasteiger partial charge >= 0.3 is 5.69 Å². The average molecular weight is 223 g/mol. The minimum atomic E-state index is -0.609. The molecule has 1 aromatic rings. The summed E-state index contributed by atoms with van der Waals surface area (Å²) in [5.74, 6) is -0.332. The Morgan fingerprint density at radius 1 is 1.44 bits per heavy atom. The van der Waals surface area contributed by atoms with Gasteiger partial charge in [-0.1, -0.05) is 12.5 Å². The van der Waals surface area contributed by atoms with Crippen LogP contribution in [0.3, 0.4) is 0 Å². The van der Waals surface area contributed by atoms with Gasteiger partial charge in [-0.3, -0.25) is 10.1 Å². The Morgan fingerprint density at radius 3 is 2.56 bits per heavy atom. The fraction of sp³-hybridized carbons (Fsp3) is 0.455. The lowest BCUT2D eigenvalue weighted by Crippen LogP contribution is -2.37. The number of benzene rings is 1. The largest absolute Gasteiger partial charge is 0.502 e. The predicted molar refractivity (Wildman–Crippen MR) is 57.4 cm³/mol. The van der Waals surface area contributed by atoms with Gasteiger partial charge in [0.2, 0.25) is 0 Å². The summed E-state index contributed by atoms with van der Waals surface area (Å²) in [6.07, 6.45) is 2.70. The molecule has 1 aliphatic rings. The number of nitrogens with zero attached hydrogens (tertiary/aromatic N) is 1. The monoisotopic (exact) mass is 223 g/mol. The maximum Gasteiger partial charge on any atom is 0.310 e. The highest BCUT2D eigenvalue weighted by Crippen LogP contribution is 2.45. The van der Waals surface area contributed by atoms with Gasteiger partial charge in [-0.15, -0.1) is 0 Å². The summed E-state index contributed by atoms with van der Waals surface area (Å²) < 4.78 is 0. The van der Waals surface area contributed by atoms with E-state index in [1.54, 1.807) is 6.07 Å². The average Bonchev–Trinajstić information content (AvgIpc) is 2.19. The Hall–Kier alpha value is -1.62. The molecule has 0 amide bonds. The third kappa shape index (κ3) is 1.53. The quantitative estimate of drug-likeness (QED) is 0.603. The summed E-state index contributed by atoms with van der Waals surface area (Å²) in [6.45, 7) is -0.00503. The second kappa shape index (κ2) is 3.75. The molecular weight excluding hydrogens is 210 g/mol. The van der Waals surface area contributed by atoms with Crippen LogP contribution < -0.4 is 0 Å². The van der Waals surface area contributed by atoms with Crippen LogP contribution in [0.5, 0.6) is 5.75 Å². The van der Waals surface area contributed by atoms with Gasteiger partial charge in [0.1, 0.15) is 0 Å². The Bertz CT molecular complexity index is 420. The Morgan fingerprint density at radius 2 is 2.12 bits per heavy atom. The summed E-state index contributed by atoms with van der Waals surface area (Å²) in [4.78, 5) is 10.1. The maximum atomic E-state index is 10.7. The second-order valence-electron chi connectivity index (χ2n) is 4.25. The number of nitro benzene ring substituents is 1. The molecule has 0 bridgehead atoms. The van der Waals surface area contributed by atoms with Gasteiger partial charge in [-0.2, -0.15) is 0 Å². The number of phenols is 1. The molecule has 0 radical (unpaired) electrons. The van der Waals surface area contributed by atoms with Crippen LogP contribution in [0, 0.1) is 10.1 Å². The molecule has 0 aliphatic heterocycles. The lowest BCUT2D eigenvalue weighted by atomic mass is 9.65. The van der Waals surface area contributed by atoms with E-state index in [2.05, 4.69) is 0 Å². The molecule has 0 aromatic heterocycles. The van der Waals surface area contributed by atoms with Crippen LogP contribution in [-0.4, -0.2) is 21.7 Å². The van der Waals surface area contributed by atoms with E-state index in [0.717, 1.165) is 24.8 Å². The van der Waals surface area contributed by atoms with Crippen LogP contribution in [0.1, 0.15) is 24.8 Å². The van der Waals surface area contributed by atoms with Crippen molar-refractivity contribution in [3.05, 3.63) is 33.9 Å². The van der Waals surface area contributed by atoms with Crippen LogP contribution in [0.25, 0.3) is 0 Å². The van der Waals surface area contributed by atoms with Crippen molar-refractivity contribution in [3.8, 4) is 5.75 Å². The molecule has 2 rings (SSSR count). The first-order valence-corrected chi connectivity index (χ1v) is 5.18. The standard InChI is InChI=1S/C11H13NO4/c13-7-11(4-1-5-11)8-2-3-10(14)9(6-8)12(15)16/h2-3,6,13-14H,1,4-5,7H2. The van der Waals surface area contributed by atoms with Crippen molar-refractivity contribution in [1.29, 1.82) is 0 Å². The molecule has 0 unspecified atom stereocenters. The van der Waals surface area contributed by atoms with Crippen LogP contribution in [0.2, 0.25) is 0 Å². The minimum Gasteiger partial charge on any atom is -0.502 e. The van der Waals surface area contributed by atoms with Crippen molar-refractivity contribution >= 4 is 5.69 Å². The summed E-state index contributed by atoms with van der Waals surface area (Å²) in [5.41, 5.74) is 0.112. The van der Waals surface area contributed by atoms with Crippen LogP contribution in [-0.2, 0) is 5.41 Å². The van der Waals surface area contributed by atoms with E-state index >= 15 is 0 Å². The molecule has 5 heteroatoms. The summed E-state index contributed by atoms with van der Waals surface area (Å²) in [5, 5.41) is 29.4. The normalized spacial score (nSPS) is 17.8. The predicted octanol–water partition coefficient (Wildman–Crippen LogP) is 1.71. The number of aliphatic hydroxyl groups is 1. The van der Waals surface area contributed by atoms with E-state index in [-0.39, 0.29) is 23.5 Å². The van der Waals surface area contributed by atoms with Crippen molar-refractivity contribution in [1.82, 2.24) is 0 Å². The lowest BCUT2D eigenvalue weighted by molar-refractivity contribution is -0.386. The zero-order valence-electron chi connectivity index (χ0n) is 8.72. The van der Waals surface area contributed by atoms with Gasteiger partial charge in [0.05, 0.1) is 11.5 Å². The lowest BCUT2D eigenvalue weighted by Gasteiger charge is -2.40. The zero-order valence-corrected chi connectivity index (χ0v) is 8.72. The van der Waals surface area contributed by atoms with Crippen molar-refractivity contribution in [2.24, 2.45) is 0 Å². The van der Waals surface area contributed by atoms with Crippen molar-refractivity contribution < 1.29 is 15.1 Å². The third-order valence-corrected chi connectivity index (χ3v) is 3.40. The number of nitro groups is 1. The highest BCUT2D eigenvalue weighted by atomic mass is 16.6. The van der Waals surface area contributed by atoms with E-state index in [4.69, 9.17) is 0 Å². The van der Waals surface area contributed by atoms with Crippen molar-refractivity contribution in [3.63, 3.8) is 0 Å². The van der Waals surface area contributed by atoms with Crippen LogP contribution in [0.4, 0.5) is 5.69 Å². The van der Waals surface area contributed by atoms with E-state index in [1.807, 2.05) is 0 Å². The number of aromatic hydroxyl groups is 1. The Kier molecular flexibility index (Phi) is 2.55. The molecule has 2 N–H and O–H groups in total. The molecule has 0 heterocycles. The zero-order chi connectivity index (χ0) is 11.8. The summed E-state index contributed by atoms with van der Waals surface area (Å²) >= 11 is 0. The molecule has 0 atom stereocenters. The molecule has 16 heavy (non-hydrogen) atoms. The maximum absolute atomic E-state index is 10.7. The van der Waals surface area contributed by atoms with Gasteiger partial charge < -0.3 is 10.2 Å². The van der Waals surface area contributed by atoms with Gasteiger partial charge in [-0.05, 0) is 24.5 Å². The van der Waals surface area contributed by atoms with E-state index < -0.39 is 4.92 Å². The molecule has 86 valence electrons. The van der Waals surface area contributed by atoms with E-state index in [9.17, 15) is 20.3 Å². The van der Waals surface area contributed by atoms with Gasteiger partial charge in [0.25, 0.3) is 0 Å². The van der Waals surface area contributed by atoms with E-state index in [1.165, 1.54) is 12.1 Å². The smallest absolute Gasteiger partial charge is 0.310 e. The molecule has 1 aliphatic carbocycles. The number of rotatable bonds is 3. The van der Waals surface area contributed by atoms with Gasteiger partial charge in [-0.25, -0.2) is 0 Å². The molecular formula is C11H13NO4. The second-order valence-corrected chi connectivity index (χ2v) is 4.25. The first kappa shape index (κ1) is 10.9. The Balaban J connectivity index is 2.43.